The van der Waals surface area contributed by atoms with Crippen LogP contribution in [0, 0.1) is 0 Å². The molecule has 0 unspecified atom stereocenters. The summed E-state index contributed by atoms with van der Waals surface area (Å²) in [5.74, 6) is 0. The molecule has 4 aromatic rings. The maximum absolute atomic E-state index is 14.7. The predicted molar refractivity (Wildman–Crippen MR) is 122 cm³/mol. The van der Waals surface area contributed by atoms with Gasteiger partial charge in [-0.15, -0.1) is 0 Å². The summed E-state index contributed by atoms with van der Waals surface area (Å²) in [5, 5.41) is 0. The van der Waals surface area contributed by atoms with E-state index in [1.54, 1.807) is 0 Å². The van der Waals surface area contributed by atoms with Gasteiger partial charge >= 0.3 is 177 Å². The van der Waals surface area contributed by atoms with Gasteiger partial charge in [-0.3, -0.25) is 0 Å². The summed E-state index contributed by atoms with van der Waals surface area (Å²) in [6.45, 7) is 0. The van der Waals surface area contributed by atoms with Gasteiger partial charge in [-0.1, -0.05) is 0 Å². The van der Waals surface area contributed by atoms with Gasteiger partial charge in [-0.25, -0.2) is 0 Å². The Bertz CT molecular complexity index is 977. The summed E-state index contributed by atoms with van der Waals surface area (Å²) < 4.78 is 32.8. The summed E-state index contributed by atoms with van der Waals surface area (Å²) in [6.07, 6.45) is 0. The van der Waals surface area contributed by atoms with Crippen molar-refractivity contribution in [3.05, 3.63) is 121 Å². The maximum atomic E-state index is 14.7. The van der Waals surface area contributed by atoms with E-state index >= 15 is 0 Å². The topological polar surface area (TPSA) is 34.1 Å². The zero-order valence-electron chi connectivity index (χ0n) is 16.0. The standard InChI is InChI=1S/C25H22As2O2/c28-26(22-13-5-1-6-14-22,23-15-7-2-8-16-23)21-27(29,24-17-9-3-10-18-24)25-19-11-4-12-20-25/h1-20H,21H2. The first-order chi connectivity index (χ1) is 14.1. The van der Waals surface area contributed by atoms with Crippen LogP contribution in [0.5, 0.6) is 0 Å². The van der Waals surface area contributed by atoms with E-state index in [1.165, 1.54) is 0 Å². The van der Waals surface area contributed by atoms with Gasteiger partial charge in [0.1, 0.15) is 0 Å². The second-order valence-electron chi connectivity index (χ2n) is 6.96. The van der Waals surface area contributed by atoms with Crippen molar-refractivity contribution in [3.8, 4) is 0 Å². The van der Waals surface area contributed by atoms with Crippen molar-refractivity contribution in [2.45, 2.75) is 4.00 Å². The summed E-state index contributed by atoms with van der Waals surface area (Å²) in [7, 11) is 0. The SMILES string of the molecule is O=[As](C[As](=O)(c1ccccc1)c1ccccc1)(c1ccccc1)c1ccccc1. The molecule has 144 valence electrons. The molecule has 4 aromatic carbocycles. The third-order valence-corrected chi connectivity index (χ3v) is 25.0. The minimum absolute atomic E-state index is 0.207. The molecule has 29 heavy (non-hydrogen) atoms. The summed E-state index contributed by atoms with van der Waals surface area (Å²) in [6, 6.07) is 38.3. The third kappa shape index (κ3) is 4.01. The molecule has 0 amide bonds. The Labute approximate surface area is 176 Å². The number of hydrogen-bond donors (Lipinski definition) is 0. The second-order valence-corrected chi connectivity index (χ2v) is 21.2. The van der Waals surface area contributed by atoms with Crippen LogP contribution in [0.15, 0.2) is 121 Å². The predicted octanol–water partition coefficient (Wildman–Crippen LogP) is 2.91. The van der Waals surface area contributed by atoms with Crippen LogP contribution in [-0.4, -0.2) is 27.0 Å². The van der Waals surface area contributed by atoms with Gasteiger partial charge < -0.3 is 0 Å². The Kier molecular flexibility index (Phi) is 5.85. The Hall–Kier alpha value is -2.40. The zero-order valence-corrected chi connectivity index (χ0v) is 19.7. The van der Waals surface area contributed by atoms with E-state index in [-0.39, 0.29) is 4.00 Å². The molecule has 0 heterocycles. The number of rotatable bonds is 6. The Morgan fingerprint density at radius 2 is 0.586 bits per heavy atom. The molecule has 0 spiro atoms. The Morgan fingerprint density at radius 1 is 0.379 bits per heavy atom. The van der Waals surface area contributed by atoms with Crippen LogP contribution < -0.4 is 17.4 Å². The second kappa shape index (κ2) is 8.53. The number of hydrogen-bond acceptors (Lipinski definition) is 2. The average Bonchev–Trinajstić information content (AvgIpc) is 2.81. The van der Waals surface area contributed by atoms with Gasteiger partial charge in [0.25, 0.3) is 0 Å². The molecule has 2 nitrogen and oxygen atoms in total. The third-order valence-electron chi connectivity index (χ3n) is 5.09. The molecule has 0 aliphatic heterocycles. The normalized spacial score (nSPS) is 11.9. The molecule has 0 bridgehead atoms. The van der Waals surface area contributed by atoms with E-state index in [4.69, 9.17) is 0 Å². The molecule has 0 saturated heterocycles. The molecular weight excluding hydrogens is 482 g/mol. The first kappa shape index (κ1) is 19.9. The molecule has 0 aromatic heterocycles. The Balaban J connectivity index is 1.93. The fourth-order valence-corrected chi connectivity index (χ4v) is 26.1. The Morgan fingerprint density at radius 3 is 0.793 bits per heavy atom. The van der Waals surface area contributed by atoms with Gasteiger partial charge in [0.2, 0.25) is 0 Å². The van der Waals surface area contributed by atoms with Crippen LogP contribution in [0.3, 0.4) is 0 Å². The van der Waals surface area contributed by atoms with Crippen molar-refractivity contribution in [3.63, 3.8) is 0 Å². The summed E-state index contributed by atoms with van der Waals surface area (Å²) >= 11 is -7.87. The monoisotopic (exact) mass is 504 g/mol. The van der Waals surface area contributed by atoms with Crippen LogP contribution in [0.4, 0.5) is 0 Å². The molecule has 0 aliphatic carbocycles. The first-order valence-corrected chi connectivity index (χ1v) is 17.5. The van der Waals surface area contributed by atoms with E-state index in [0.717, 1.165) is 17.4 Å². The number of benzene rings is 4. The van der Waals surface area contributed by atoms with E-state index < -0.39 is 27.0 Å². The van der Waals surface area contributed by atoms with Crippen molar-refractivity contribution >= 4 is 44.4 Å². The van der Waals surface area contributed by atoms with Crippen LogP contribution in [-0.2, 0) is 7.48 Å². The zero-order chi connectivity index (χ0) is 20.2. The fraction of sp³-hybridized carbons (Fsp3) is 0.0400. The molecule has 0 fully saturated rings. The van der Waals surface area contributed by atoms with E-state index in [1.807, 2.05) is 121 Å². The van der Waals surface area contributed by atoms with Gasteiger partial charge in [0.15, 0.2) is 0 Å². The molecule has 4 heteroatoms. The molecule has 0 aliphatic rings. The molecule has 0 radical (unpaired) electrons. The molecular formula is C25H22As2O2. The summed E-state index contributed by atoms with van der Waals surface area (Å²) in [4.78, 5) is 0. The van der Waals surface area contributed by atoms with Crippen LogP contribution in [0.25, 0.3) is 0 Å². The van der Waals surface area contributed by atoms with Gasteiger partial charge in [0, 0.05) is 0 Å². The van der Waals surface area contributed by atoms with E-state index in [0.29, 0.717) is 0 Å². The molecule has 0 atom stereocenters. The van der Waals surface area contributed by atoms with Crippen LogP contribution in [0.2, 0.25) is 4.00 Å². The van der Waals surface area contributed by atoms with Crippen molar-refractivity contribution in [1.29, 1.82) is 0 Å². The molecule has 0 saturated carbocycles. The summed E-state index contributed by atoms with van der Waals surface area (Å²) in [5.41, 5.74) is 0. The van der Waals surface area contributed by atoms with Gasteiger partial charge in [0.05, 0.1) is 0 Å². The van der Waals surface area contributed by atoms with Crippen molar-refractivity contribution in [2.24, 2.45) is 0 Å². The fourth-order valence-electron chi connectivity index (χ4n) is 3.58. The quantitative estimate of drug-likeness (QED) is 0.379. The van der Waals surface area contributed by atoms with Crippen molar-refractivity contribution in [2.75, 3.05) is 0 Å². The van der Waals surface area contributed by atoms with Crippen LogP contribution in [0.1, 0.15) is 0 Å². The van der Waals surface area contributed by atoms with Gasteiger partial charge in [-0.2, -0.15) is 0 Å². The van der Waals surface area contributed by atoms with Crippen molar-refractivity contribution in [1.82, 2.24) is 0 Å². The average molecular weight is 504 g/mol. The minimum atomic E-state index is -3.94. The van der Waals surface area contributed by atoms with Crippen molar-refractivity contribution < 1.29 is 7.48 Å². The van der Waals surface area contributed by atoms with Crippen LogP contribution >= 0.6 is 0 Å². The van der Waals surface area contributed by atoms with E-state index in [9.17, 15) is 7.48 Å². The molecule has 4 rings (SSSR count). The first-order valence-electron chi connectivity index (χ1n) is 9.53. The molecule has 0 N–H and O–H groups in total. The van der Waals surface area contributed by atoms with E-state index in [2.05, 4.69) is 0 Å². The van der Waals surface area contributed by atoms with Gasteiger partial charge in [-0.05, 0) is 0 Å².